The molecule has 5 rings (SSSR count). The summed E-state index contributed by atoms with van der Waals surface area (Å²) in [5.41, 5.74) is 2.17. The molecule has 0 aromatic carbocycles. The number of fused-ring (bicyclic) bond motifs is 3. The second-order valence-electron chi connectivity index (χ2n) is 10.4. The standard InChI is InChI=1S/C25H32N8O/c1-5-19-24-31-28-15-32(24)20-14-27-22(30-23(20)33(19)16-8-6-7-9-16)17-10-11-26-13-18(17)29-21(34)12-25(2,3)4/h10-11,13-16,19H,5-9,12H2,1-4H3,(H,29,34)/t19-/m1/s1. The normalized spacial score (nSPS) is 18.0. The number of rotatable bonds is 5. The van der Waals surface area contributed by atoms with E-state index in [0.29, 0.717) is 24.0 Å². The Labute approximate surface area is 200 Å². The fourth-order valence-corrected chi connectivity index (χ4v) is 5.14. The van der Waals surface area contributed by atoms with Crippen LogP contribution in [0.25, 0.3) is 17.1 Å². The molecule has 4 heterocycles. The zero-order valence-electron chi connectivity index (χ0n) is 20.3. The van der Waals surface area contributed by atoms with Gasteiger partial charge in [0.25, 0.3) is 0 Å². The van der Waals surface area contributed by atoms with E-state index >= 15 is 0 Å². The Kier molecular flexibility index (Phi) is 5.79. The Morgan fingerprint density at radius 2 is 2.00 bits per heavy atom. The first-order valence-electron chi connectivity index (χ1n) is 12.2. The Bertz CT molecular complexity index is 1190. The number of hydrogen-bond acceptors (Lipinski definition) is 7. The molecule has 2 aliphatic rings. The molecule has 0 spiro atoms. The molecule has 1 N–H and O–H groups in total. The summed E-state index contributed by atoms with van der Waals surface area (Å²) in [5, 5.41) is 11.7. The third kappa shape index (κ3) is 4.15. The van der Waals surface area contributed by atoms with E-state index < -0.39 is 0 Å². The van der Waals surface area contributed by atoms with Crippen LogP contribution in [0, 0.1) is 5.41 Å². The molecule has 1 fully saturated rings. The van der Waals surface area contributed by atoms with E-state index in [0.717, 1.165) is 42.2 Å². The number of hydrogen-bond donors (Lipinski definition) is 1. The summed E-state index contributed by atoms with van der Waals surface area (Å²) in [6.45, 7) is 8.32. The van der Waals surface area contributed by atoms with Gasteiger partial charge in [0.15, 0.2) is 17.5 Å². The van der Waals surface area contributed by atoms with E-state index in [1.807, 2.05) is 37.6 Å². The Morgan fingerprint density at radius 1 is 1.21 bits per heavy atom. The second kappa shape index (κ2) is 8.77. The smallest absolute Gasteiger partial charge is 0.224 e. The molecule has 9 heteroatoms. The average molecular weight is 461 g/mol. The van der Waals surface area contributed by atoms with Gasteiger partial charge in [-0.1, -0.05) is 40.5 Å². The minimum absolute atomic E-state index is 0.0486. The number of amides is 1. The van der Waals surface area contributed by atoms with Crippen molar-refractivity contribution in [1.82, 2.24) is 29.7 Å². The highest BCUT2D eigenvalue weighted by molar-refractivity contribution is 5.94. The Balaban J connectivity index is 1.57. The summed E-state index contributed by atoms with van der Waals surface area (Å²) >= 11 is 0. The van der Waals surface area contributed by atoms with Gasteiger partial charge in [-0.15, -0.1) is 10.2 Å². The third-order valence-electron chi connectivity index (χ3n) is 6.59. The molecule has 1 aliphatic carbocycles. The van der Waals surface area contributed by atoms with Crippen molar-refractivity contribution in [3.8, 4) is 17.1 Å². The molecule has 3 aromatic rings. The topological polar surface area (TPSA) is 102 Å². The predicted molar refractivity (Wildman–Crippen MR) is 131 cm³/mol. The van der Waals surface area contributed by atoms with Crippen molar-refractivity contribution in [2.75, 3.05) is 10.2 Å². The highest BCUT2D eigenvalue weighted by Crippen LogP contribution is 2.43. The number of pyridine rings is 1. The average Bonchev–Trinajstić information content (AvgIpc) is 3.49. The van der Waals surface area contributed by atoms with Crippen LogP contribution in [0.4, 0.5) is 11.5 Å². The van der Waals surface area contributed by atoms with Crippen LogP contribution in [0.3, 0.4) is 0 Å². The van der Waals surface area contributed by atoms with Gasteiger partial charge in [-0.25, -0.2) is 9.97 Å². The van der Waals surface area contributed by atoms with Crippen LogP contribution >= 0.6 is 0 Å². The van der Waals surface area contributed by atoms with Crippen molar-refractivity contribution in [1.29, 1.82) is 0 Å². The molecule has 34 heavy (non-hydrogen) atoms. The summed E-state index contributed by atoms with van der Waals surface area (Å²) in [6.07, 6.45) is 13.0. The summed E-state index contributed by atoms with van der Waals surface area (Å²) in [4.78, 5) is 29.1. The van der Waals surface area contributed by atoms with E-state index in [9.17, 15) is 4.79 Å². The number of carbonyl (C=O) groups excluding carboxylic acids is 1. The molecule has 1 aliphatic heterocycles. The van der Waals surface area contributed by atoms with E-state index in [4.69, 9.17) is 9.97 Å². The first-order valence-corrected chi connectivity index (χ1v) is 12.2. The highest BCUT2D eigenvalue weighted by atomic mass is 16.1. The van der Waals surface area contributed by atoms with Crippen LogP contribution in [0.15, 0.2) is 31.0 Å². The minimum Gasteiger partial charge on any atom is -0.342 e. The number of anilines is 2. The maximum atomic E-state index is 12.7. The van der Waals surface area contributed by atoms with Crippen LogP contribution in [-0.4, -0.2) is 41.7 Å². The van der Waals surface area contributed by atoms with Gasteiger partial charge < -0.3 is 10.2 Å². The lowest BCUT2D eigenvalue weighted by atomic mass is 9.92. The van der Waals surface area contributed by atoms with E-state index in [-0.39, 0.29) is 17.4 Å². The molecule has 9 nitrogen and oxygen atoms in total. The van der Waals surface area contributed by atoms with Crippen LogP contribution < -0.4 is 10.2 Å². The van der Waals surface area contributed by atoms with Gasteiger partial charge in [0, 0.05) is 24.2 Å². The lowest BCUT2D eigenvalue weighted by Gasteiger charge is -2.40. The Morgan fingerprint density at radius 3 is 2.74 bits per heavy atom. The molecule has 1 amide bonds. The molecule has 0 bridgehead atoms. The summed E-state index contributed by atoms with van der Waals surface area (Å²) in [5.74, 6) is 2.37. The van der Waals surface area contributed by atoms with Crippen molar-refractivity contribution in [2.45, 2.75) is 78.3 Å². The zero-order valence-corrected chi connectivity index (χ0v) is 20.3. The maximum Gasteiger partial charge on any atom is 0.224 e. The van der Waals surface area contributed by atoms with E-state index in [2.05, 4.69) is 32.3 Å². The van der Waals surface area contributed by atoms with Gasteiger partial charge in [-0.05, 0) is 30.7 Å². The second-order valence-corrected chi connectivity index (χ2v) is 10.4. The van der Waals surface area contributed by atoms with E-state index in [1.165, 1.54) is 12.8 Å². The number of nitrogens with one attached hydrogen (secondary N) is 1. The van der Waals surface area contributed by atoms with Crippen molar-refractivity contribution >= 4 is 17.4 Å². The van der Waals surface area contributed by atoms with Gasteiger partial charge in [0.05, 0.1) is 24.1 Å². The summed E-state index contributed by atoms with van der Waals surface area (Å²) in [6, 6.07) is 2.39. The highest BCUT2D eigenvalue weighted by Gasteiger charge is 2.38. The van der Waals surface area contributed by atoms with Gasteiger partial charge >= 0.3 is 0 Å². The molecular formula is C25H32N8O. The van der Waals surface area contributed by atoms with Crippen molar-refractivity contribution in [3.63, 3.8) is 0 Å². The fourth-order valence-electron chi connectivity index (χ4n) is 5.14. The minimum atomic E-state index is -0.109. The predicted octanol–water partition coefficient (Wildman–Crippen LogP) is 4.71. The Hall–Kier alpha value is -3.36. The van der Waals surface area contributed by atoms with Gasteiger partial charge in [0.2, 0.25) is 5.91 Å². The number of aromatic nitrogens is 6. The van der Waals surface area contributed by atoms with Crippen LogP contribution in [-0.2, 0) is 4.79 Å². The monoisotopic (exact) mass is 460 g/mol. The lowest BCUT2D eigenvalue weighted by molar-refractivity contribution is -0.117. The molecule has 3 aromatic heterocycles. The first-order chi connectivity index (χ1) is 16.4. The molecule has 0 radical (unpaired) electrons. The number of nitrogens with zero attached hydrogens (tertiary/aromatic N) is 7. The van der Waals surface area contributed by atoms with Crippen molar-refractivity contribution < 1.29 is 4.79 Å². The largest absolute Gasteiger partial charge is 0.342 e. The molecular weight excluding hydrogens is 428 g/mol. The molecule has 178 valence electrons. The molecule has 1 atom stereocenters. The molecule has 0 unspecified atom stereocenters. The van der Waals surface area contributed by atoms with Crippen LogP contribution in [0.1, 0.15) is 78.1 Å². The third-order valence-corrected chi connectivity index (χ3v) is 6.59. The van der Waals surface area contributed by atoms with Gasteiger partial charge in [-0.3, -0.25) is 14.3 Å². The maximum absolute atomic E-state index is 12.7. The van der Waals surface area contributed by atoms with Crippen molar-refractivity contribution in [2.24, 2.45) is 5.41 Å². The quantitative estimate of drug-likeness (QED) is 0.588. The van der Waals surface area contributed by atoms with Crippen LogP contribution in [0.5, 0.6) is 0 Å². The first kappa shape index (κ1) is 22.4. The summed E-state index contributed by atoms with van der Waals surface area (Å²) in [7, 11) is 0. The fraction of sp³-hybridized carbons (Fsp3) is 0.520. The molecule has 1 saturated carbocycles. The summed E-state index contributed by atoms with van der Waals surface area (Å²) < 4.78 is 2.01. The lowest BCUT2D eigenvalue weighted by Crippen LogP contribution is -2.42. The van der Waals surface area contributed by atoms with Gasteiger partial charge in [-0.2, -0.15) is 0 Å². The SMILES string of the molecule is CC[C@@H]1c2nncn2-c2cnc(-c3ccncc3NC(=O)CC(C)(C)C)nc2N1C1CCCC1. The zero-order chi connectivity index (χ0) is 23.9. The van der Waals surface area contributed by atoms with Crippen molar-refractivity contribution in [3.05, 3.63) is 36.8 Å². The van der Waals surface area contributed by atoms with Crippen LogP contribution in [0.2, 0.25) is 0 Å². The molecule has 0 saturated heterocycles. The number of carbonyl (C=O) groups is 1. The van der Waals surface area contributed by atoms with Gasteiger partial charge in [0.1, 0.15) is 12.0 Å². The van der Waals surface area contributed by atoms with E-state index in [1.54, 1.807) is 18.7 Å².